The van der Waals surface area contributed by atoms with E-state index in [0.717, 1.165) is 22.5 Å². The van der Waals surface area contributed by atoms with E-state index < -0.39 is 0 Å². The van der Waals surface area contributed by atoms with Crippen molar-refractivity contribution in [1.29, 1.82) is 0 Å². The number of halogens is 1. The zero-order valence-corrected chi connectivity index (χ0v) is 17.9. The molecular formula is C26H24FN3O2. The number of carbonyl (C=O) groups is 1. The average Bonchev–Trinajstić information content (AvgIpc) is 3.36. The molecule has 5 nitrogen and oxygen atoms in total. The predicted octanol–water partition coefficient (Wildman–Crippen LogP) is 5.14. The van der Waals surface area contributed by atoms with E-state index in [1.807, 2.05) is 66.1 Å². The molecule has 0 aliphatic carbocycles. The maximum Gasteiger partial charge on any atom is 0.227 e. The van der Waals surface area contributed by atoms with Crippen molar-refractivity contribution in [3.63, 3.8) is 0 Å². The summed E-state index contributed by atoms with van der Waals surface area (Å²) in [6, 6.07) is 22.2. The zero-order chi connectivity index (χ0) is 22.1. The summed E-state index contributed by atoms with van der Waals surface area (Å²) in [5.41, 5.74) is 3.16. The highest BCUT2D eigenvalue weighted by molar-refractivity contribution is 5.97. The smallest absolute Gasteiger partial charge is 0.227 e. The third-order valence-electron chi connectivity index (χ3n) is 5.92. The first-order chi connectivity index (χ1) is 15.7. The molecule has 2 heterocycles. The van der Waals surface area contributed by atoms with Crippen LogP contribution in [0, 0.1) is 5.82 Å². The van der Waals surface area contributed by atoms with E-state index in [1.165, 1.54) is 6.07 Å². The van der Waals surface area contributed by atoms with E-state index in [2.05, 4.69) is 0 Å². The summed E-state index contributed by atoms with van der Waals surface area (Å²) >= 11 is 0. The van der Waals surface area contributed by atoms with E-state index >= 15 is 0 Å². The first-order valence-electron chi connectivity index (χ1n) is 10.9. The van der Waals surface area contributed by atoms with Crippen molar-refractivity contribution in [2.45, 2.75) is 25.8 Å². The van der Waals surface area contributed by atoms with Gasteiger partial charge in [0.25, 0.3) is 0 Å². The normalized spacial score (nSPS) is 16.1. The van der Waals surface area contributed by atoms with Crippen LogP contribution in [-0.4, -0.2) is 28.6 Å². The number of rotatable bonds is 6. The largest absolute Gasteiger partial charge is 0.492 e. The molecule has 6 heteroatoms. The number of imidazole rings is 1. The van der Waals surface area contributed by atoms with Crippen molar-refractivity contribution >= 4 is 22.6 Å². The summed E-state index contributed by atoms with van der Waals surface area (Å²) in [6.07, 6.45) is 0.348. The van der Waals surface area contributed by atoms with Crippen LogP contribution in [0.25, 0.3) is 11.0 Å². The first kappa shape index (κ1) is 20.2. The number of aromatic nitrogens is 2. The van der Waals surface area contributed by atoms with Crippen LogP contribution in [0.1, 0.15) is 30.7 Å². The van der Waals surface area contributed by atoms with Gasteiger partial charge in [-0.1, -0.05) is 42.5 Å². The average molecular weight is 429 g/mol. The minimum absolute atomic E-state index is 0.0339. The quantitative estimate of drug-likeness (QED) is 0.426. The van der Waals surface area contributed by atoms with E-state index in [-0.39, 0.29) is 17.6 Å². The molecule has 1 atom stereocenters. The lowest BCUT2D eigenvalue weighted by Gasteiger charge is -2.20. The number of ether oxygens (including phenoxy) is 1. The second-order valence-electron chi connectivity index (χ2n) is 7.94. The number of anilines is 1. The Morgan fingerprint density at radius 2 is 1.78 bits per heavy atom. The molecule has 32 heavy (non-hydrogen) atoms. The number of hydrogen-bond donors (Lipinski definition) is 0. The Morgan fingerprint density at radius 1 is 1.03 bits per heavy atom. The number of hydrogen-bond acceptors (Lipinski definition) is 3. The van der Waals surface area contributed by atoms with Crippen LogP contribution < -0.4 is 9.64 Å². The Bertz CT molecular complexity index is 1280. The molecule has 0 bridgehead atoms. The second-order valence-corrected chi connectivity index (χ2v) is 7.94. The molecule has 1 aliphatic rings. The molecule has 0 saturated carbocycles. The lowest BCUT2D eigenvalue weighted by Crippen LogP contribution is -2.25. The fourth-order valence-corrected chi connectivity index (χ4v) is 4.44. The molecule has 0 spiro atoms. The van der Waals surface area contributed by atoms with E-state index in [4.69, 9.17) is 9.72 Å². The van der Waals surface area contributed by atoms with Crippen LogP contribution in [0.3, 0.4) is 0 Å². The molecular weight excluding hydrogens is 405 g/mol. The fraction of sp³-hybridized carbons (Fsp3) is 0.231. The van der Waals surface area contributed by atoms with Gasteiger partial charge in [0.2, 0.25) is 5.91 Å². The Labute approximate surface area is 186 Å². The summed E-state index contributed by atoms with van der Waals surface area (Å²) in [7, 11) is 0. The van der Waals surface area contributed by atoms with Crippen LogP contribution in [0.15, 0.2) is 72.8 Å². The lowest BCUT2D eigenvalue weighted by molar-refractivity contribution is -0.117. The van der Waals surface area contributed by atoms with Gasteiger partial charge in [0.1, 0.15) is 17.4 Å². The van der Waals surface area contributed by atoms with Gasteiger partial charge in [-0.15, -0.1) is 0 Å². The van der Waals surface area contributed by atoms with Gasteiger partial charge in [-0.25, -0.2) is 9.37 Å². The van der Waals surface area contributed by atoms with Crippen molar-refractivity contribution in [2.24, 2.45) is 0 Å². The van der Waals surface area contributed by atoms with Crippen LogP contribution >= 0.6 is 0 Å². The van der Waals surface area contributed by atoms with Gasteiger partial charge in [-0.2, -0.15) is 0 Å². The molecule has 0 unspecified atom stereocenters. The number of carbonyl (C=O) groups excluding carboxylic acids is 1. The Morgan fingerprint density at radius 3 is 2.62 bits per heavy atom. The van der Waals surface area contributed by atoms with Crippen LogP contribution in [0.5, 0.6) is 5.75 Å². The molecule has 162 valence electrons. The highest BCUT2D eigenvalue weighted by Crippen LogP contribution is 2.37. The number of nitrogens with zero attached hydrogens (tertiary/aromatic N) is 3. The number of para-hydroxylation sites is 4. The van der Waals surface area contributed by atoms with Crippen molar-refractivity contribution in [1.82, 2.24) is 9.55 Å². The Kier molecular flexibility index (Phi) is 5.35. The maximum atomic E-state index is 14.4. The molecule has 3 aromatic carbocycles. The monoisotopic (exact) mass is 429 g/mol. The van der Waals surface area contributed by atoms with Crippen LogP contribution in [-0.2, 0) is 11.3 Å². The summed E-state index contributed by atoms with van der Waals surface area (Å²) < 4.78 is 22.2. The Balaban J connectivity index is 1.53. The van der Waals surface area contributed by atoms with Crippen molar-refractivity contribution in [2.75, 3.05) is 18.1 Å². The molecule has 5 rings (SSSR count). The molecule has 1 aliphatic heterocycles. The molecule has 4 aromatic rings. The van der Waals surface area contributed by atoms with Crippen LogP contribution in [0.4, 0.5) is 10.1 Å². The van der Waals surface area contributed by atoms with Gasteiger partial charge in [0.15, 0.2) is 0 Å². The number of amides is 1. The minimum atomic E-state index is -0.244. The minimum Gasteiger partial charge on any atom is -0.492 e. The maximum absolute atomic E-state index is 14.4. The van der Waals surface area contributed by atoms with E-state index in [0.29, 0.717) is 37.4 Å². The molecule has 0 N–H and O–H groups in total. The third-order valence-corrected chi connectivity index (χ3v) is 5.92. The van der Waals surface area contributed by atoms with Gasteiger partial charge in [-0.05, 0) is 37.3 Å². The first-order valence-corrected chi connectivity index (χ1v) is 10.9. The number of fused-ring (bicyclic) bond motifs is 1. The van der Waals surface area contributed by atoms with Gasteiger partial charge in [0.05, 0.1) is 29.9 Å². The summed E-state index contributed by atoms with van der Waals surface area (Å²) in [6.45, 7) is 3.32. The predicted molar refractivity (Wildman–Crippen MR) is 123 cm³/mol. The molecule has 0 radical (unpaired) electrons. The molecule has 1 saturated heterocycles. The van der Waals surface area contributed by atoms with Crippen molar-refractivity contribution in [3.05, 3.63) is 90.0 Å². The second kappa shape index (κ2) is 8.46. The van der Waals surface area contributed by atoms with E-state index in [1.54, 1.807) is 17.0 Å². The van der Waals surface area contributed by atoms with Crippen molar-refractivity contribution < 1.29 is 13.9 Å². The standard InChI is InChI=1S/C26H24FN3O2/c1-2-32-24-14-8-7-13-23(24)29-17-19(15-25(29)31)26-28-21-11-5-6-12-22(21)30(26)16-18-9-3-4-10-20(18)27/h3-14,19H,2,15-17H2,1H3/t19-/m1/s1. The highest BCUT2D eigenvalue weighted by Gasteiger charge is 2.36. The summed E-state index contributed by atoms with van der Waals surface area (Å²) in [4.78, 5) is 19.7. The lowest BCUT2D eigenvalue weighted by atomic mass is 10.1. The zero-order valence-electron chi connectivity index (χ0n) is 17.9. The van der Waals surface area contributed by atoms with E-state index in [9.17, 15) is 9.18 Å². The summed E-state index contributed by atoms with van der Waals surface area (Å²) in [5.74, 6) is 1.19. The fourth-order valence-electron chi connectivity index (χ4n) is 4.44. The molecule has 1 fully saturated rings. The van der Waals surface area contributed by atoms with Gasteiger partial charge in [0, 0.05) is 24.4 Å². The highest BCUT2D eigenvalue weighted by atomic mass is 19.1. The van der Waals surface area contributed by atoms with Crippen LogP contribution in [0.2, 0.25) is 0 Å². The number of benzene rings is 3. The SMILES string of the molecule is CCOc1ccccc1N1C[C@H](c2nc3ccccc3n2Cc2ccccc2F)CC1=O. The Hall–Kier alpha value is -3.67. The summed E-state index contributed by atoms with van der Waals surface area (Å²) in [5, 5.41) is 0. The third kappa shape index (κ3) is 3.62. The van der Waals surface area contributed by atoms with Gasteiger partial charge >= 0.3 is 0 Å². The molecule has 1 aromatic heterocycles. The van der Waals surface area contributed by atoms with Gasteiger partial charge < -0.3 is 14.2 Å². The van der Waals surface area contributed by atoms with Crippen molar-refractivity contribution in [3.8, 4) is 5.75 Å². The van der Waals surface area contributed by atoms with Gasteiger partial charge in [-0.3, -0.25) is 4.79 Å². The topological polar surface area (TPSA) is 47.4 Å². The molecule has 1 amide bonds.